The van der Waals surface area contributed by atoms with E-state index >= 15 is 0 Å². The zero-order valence-corrected chi connectivity index (χ0v) is 14.1. The van der Waals surface area contributed by atoms with Crippen LogP contribution in [0.15, 0.2) is 53.0 Å². The van der Waals surface area contributed by atoms with E-state index in [-0.39, 0.29) is 12.1 Å². The van der Waals surface area contributed by atoms with Gasteiger partial charge in [-0.05, 0) is 42.2 Å². The second kappa shape index (κ2) is 7.74. The molecular weight excluding hydrogens is 326 g/mol. The van der Waals surface area contributed by atoms with Crippen molar-refractivity contribution in [3.8, 4) is 0 Å². The summed E-state index contributed by atoms with van der Waals surface area (Å²) >= 11 is 3.49. The molecule has 21 heavy (non-hydrogen) atoms. The van der Waals surface area contributed by atoms with Crippen LogP contribution < -0.4 is 5.73 Å². The van der Waals surface area contributed by atoms with Gasteiger partial charge in [0.25, 0.3) is 0 Å². The molecule has 2 aromatic rings. The Bertz CT molecular complexity index is 585. The number of rotatable bonds is 6. The third kappa shape index (κ3) is 4.40. The van der Waals surface area contributed by atoms with Crippen LogP contribution >= 0.6 is 15.9 Å². The van der Waals surface area contributed by atoms with Gasteiger partial charge >= 0.3 is 0 Å². The lowest BCUT2D eigenvalue weighted by Crippen LogP contribution is -2.30. The van der Waals surface area contributed by atoms with Crippen LogP contribution in [0.25, 0.3) is 0 Å². The highest BCUT2D eigenvalue weighted by Crippen LogP contribution is 2.26. The molecule has 0 saturated heterocycles. The van der Waals surface area contributed by atoms with Gasteiger partial charge in [0.2, 0.25) is 0 Å². The number of halogens is 1. The van der Waals surface area contributed by atoms with E-state index in [0.717, 1.165) is 16.5 Å². The van der Waals surface area contributed by atoms with Crippen LogP contribution in [0, 0.1) is 6.92 Å². The van der Waals surface area contributed by atoms with Gasteiger partial charge in [-0.3, -0.25) is 0 Å². The molecule has 0 fully saturated rings. The normalized spacial score (nSPS) is 13.9. The Morgan fingerprint density at radius 3 is 2.57 bits per heavy atom. The molecule has 3 heteroatoms. The highest BCUT2D eigenvalue weighted by Gasteiger charge is 2.20. The predicted octanol–water partition coefficient (Wildman–Crippen LogP) is 4.75. The molecule has 112 valence electrons. The summed E-state index contributed by atoms with van der Waals surface area (Å²) in [6, 6.07) is 16.5. The molecule has 0 heterocycles. The van der Waals surface area contributed by atoms with Crippen LogP contribution in [-0.4, -0.2) is 6.04 Å². The summed E-state index contributed by atoms with van der Waals surface area (Å²) in [6.07, 6.45) is 0.812. The molecule has 0 bridgehead atoms. The van der Waals surface area contributed by atoms with Crippen LogP contribution in [0.4, 0.5) is 0 Å². The monoisotopic (exact) mass is 347 g/mol. The summed E-state index contributed by atoms with van der Waals surface area (Å²) in [5, 5.41) is 0. The maximum absolute atomic E-state index is 6.28. The van der Waals surface area contributed by atoms with Gasteiger partial charge < -0.3 is 10.5 Å². The molecule has 0 aliphatic carbocycles. The zero-order valence-electron chi connectivity index (χ0n) is 12.6. The van der Waals surface area contributed by atoms with Gasteiger partial charge in [0.05, 0.1) is 12.7 Å². The SMILES string of the molecule is CCC(N)C(OCc1cccc(Br)c1)c1ccccc1C. The first-order valence-corrected chi connectivity index (χ1v) is 8.08. The third-order valence-corrected chi connectivity index (χ3v) is 4.17. The Hall–Kier alpha value is -1.16. The molecule has 0 aliphatic heterocycles. The Labute approximate surface area is 135 Å². The summed E-state index contributed by atoms with van der Waals surface area (Å²) < 4.78 is 7.22. The van der Waals surface area contributed by atoms with E-state index in [2.05, 4.69) is 54.0 Å². The quantitative estimate of drug-likeness (QED) is 0.817. The first-order valence-electron chi connectivity index (χ1n) is 7.29. The summed E-state index contributed by atoms with van der Waals surface area (Å²) in [6.45, 7) is 4.76. The number of aryl methyl sites for hydroxylation is 1. The van der Waals surface area contributed by atoms with Crippen molar-refractivity contribution >= 4 is 15.9 Å². The molecule has 0 saturated carbocycles. The van der Waals surface area contributed by atoms with Crippen LogP contribution in [0.5, 0.6) is 0 Å². The molecule has 2 aromatic carbocycles. The van der Waals surface area contributed by atoms with Gasteiger partial charge in [-0.25, -0.2) is 0 Å². The lowest BCUT2D eigenvalue weighted by molar-refractivity contribution is 0.0208. The zero-order chi connectivity index (χ0) is 15.2. The lowest BCUT2D eigenvalue weighted by atomic mass is 9.97. The lowest BCUT2D eigenvalue weighted by Gasteiger charge is -2.25. The Balaban J connectivity index is 2.16. The Morgan fingerprint density at radius 1 is 1.14 bits per heavy atom. The van der Waals surface area contributed by atoms with E-state index in [1.807, 2.05) is 24.3 Å². The predicted molar refractivity (Wildman–Crippen MR) is 91.1 cm³/mol. The maximum Gasteiger partial charge on any atom is 0.0982 e. The standard InChI is InChI=1S/C18H22BrNO/c1-3-17(20)18(16-10-5-4-7-13(16)2)21-12-14-8-6-9-15(19)11-14/h4-11,17-18H,3,12,20H2,1-2H3. The van der Waals surface area contributed by atoms with E-state index in [0.29, 0.717) is 6.61 Å². The number of nitrogens with two attached hydrogens (primary N) is 1. The smallest absolute Gasteiger partial charge is 0.0982 e. The fraction of sp³-hybridized carbons (Fsp3) is 0.333. The van der Waals surface area contributed by atoms with Crippen molar-refractivity contribution in [2.75, 3.05) is 0 Å². The molecular formula is C18H22BrNO. The van der Waals surface area contributed by atoms with Gasteiger partial charge in [0, 0.05) is 10.5 Å². The topological polar surface area (TPSA) is 35.2 Å². The molecule has 0 amide bonds. The summed E-state index contributed by atoms with van der Waals surface area (Å²) in [7, 11) is 0. The van der Waals surface area contributed by atoms with Crippen molar-refractivity contribution in [2.45, 2.75) is 39.0 Å². The average molecular weight is 348 g/mol. The molecule has 2 atom stereocenters. The number of hydrogen-bond acceptors (Lipinski definition) is 2. The van der Waals surface area contributed by atoms with Crippen LogP contribution in [-0.2, 0) is 11.3 Å². The first-order chi connectivity index (χ1) is 10.1. The second-order valence-electron chi connectivity index (χ2n) is 5.29. The van der Waals surface area contributed by atoms with Gasteiger partial charge in [0.1, 0.15) is 0 Å². The van der Waals surface area contributed by atoms with Gasteiger partial charge in [-0.1, -0.05) is 59.3 Å². The number of ether oxygens (including phenoxy) is 1. The van der Waals surface area contributed by atoms with Gasteiger partial charge in [-0.15, -0.1) is 0 Å². The average Bonchev–Trinajstić information content (AvgIpc) is 2.49. The van der Waals surface area contributed by atoms with E-state index < -0.39 is 0 Å². The Morgan fingerprint density at radius 2 is 1.90 bits per heavy atom. The summed E-state index contributed by atoms with van der Waals surface area (Å²) in [4.78, 5) is 0. The van der Waals surface area contributed by atoms with Crippen LogP contribution in [0.1, 0.15) is 36.1 Å². The number of hydrogen-bond donors (Lipinski definition) is 1. The Kier molecular flexibility index (Phi) is 5.97. The number of benzene rings is 2. The third-order valence-electron chi connectivity index (χ3n) is 3.67. The van der Waals surface area contributed by atoms with Crippen molar-refractivity contribution in [3.05, 3.63) is 69.7 Å². The molecule has 0 aromatic heterocycles. The van der Waals surface area contributed by atoms with Crippen LogP contribution in [0.3, 0.4) is 0 Å². The second-order valence-corrected chi connectivity index (χ2v) is 6.21. The molecule has 2 nitrogen and oxygen atoms in total. The molecule has 2 N–H and O–H groups in total. The van der Waals surface area contributed by atoms with Crippen molar-refractivity contribution in [1.82, 2.24) is 0 Å². The summed E-state index contributed by atoms with van der Waals surface area (Å²) in [5.41, 5.74) is 9.83. The first kappa shape index (κ1) is 16.2. The molecule has 2 rings (SSSR count). The van der Waals surface area contributed by atoms with Crippen molar-refractivity contribution in [1.29, 1.82) is 0 Å². The fourth-order valence-corrected chi connectivity index (χ4v) is 2.82. The molecule has 0 aliphatic rings. The molecule has 2 unspecified atom stereocenters. The van der Waals surface area contributed by atoms with E-state index in [9.17, 15) is 0 Å². The van der Waals surface area contributed by atoms with E-state index in [1.54, 1.807) is 0 Å². The highest BCUT2D eigenvalue weighted by molar-refractivity contribution is 9.10. The largest absolute Gasteiger partial charge is 0.367 e. The van der Waals surface area contributed by atoms with E-state index in [4.69, 9.17) is 10.5 Å². The van der Waals surface area contributed by atoms with Crippen LogP contribution in [0.2, 0.25) is 0 Å². The molecule has 0 radical (unpaired) electrons. The minimum absolute atomic E-state index is 0.00162. The minimum Gasteiger partial charge on any atom is -0.367 e. The van der Waals surface area contributed by atoms with Gasteiger partial charge in [0.15, 0.2) is 0 Å². The summed E-state index contributed by atoms with van der Waals surface area (Å²) in [5.74, 6) is 0. The maximum atomic E-state index is 6.28. The molecule has 0 spiro atoms. The van der Waals surface area contributed by atoms with Gasteiger partial charge in [-0.2, -0.15) is 0 Å². The van der Waals surface area contributed by atoms with Crippen molar-refractivity contribution in [3.63, 3.8) is 0 Å². The van der Waals surface area contributed by atoms with Crippen molar-refractivity contribution in [2.24, 2.45) is 5.73 Å². The minimum atomic E-state index is -0.0739. The van der Waals surface area contributed by atoms with E-state index in [1.165, 1.54) is 11.1 Å². The highest BCUT2D eigenvalue weighted by atomic mass is 79.9. The van der Waals surface area contributed by atoms with Crippen molar-refractivity contribution < 1.29 is 4.74 Å². The fourth-order valence-electron chi connectivity index (χ4n) is 2.38.